The summed E-state index contributed by atoms with van der Waals surface area (Å²) in [5.41, 5.74) is 0.748. The van der Waals surface area contributed by atoms with Crippen LogP contribution in [0.25, 0.3) is 11.0 Å². The normalized spacial score (nSPS) is 13.8. The van der Waals surface area contributed by atoms with E-state index in [-0.39, 0.29) is 16.8 Å². The zero-order valence-corrected chi connectivity index (χ0v) is 12.5. The third-order valence-corrected chi connectivity index (χ3v) is 5.46. The largest absolute Gasteiger partial charge is 0.480 e. The number of carboxylic acids is 1. The standard InChI is InChI=1S/C11H13N3O4S2/c1-3-8(11(15)16)14(2)20(17,18)9-6-4-5-7-10(9)13-19-12-7/h4-6,8H,3H2,1-2H3,(H,15,16). The highest BCUT2D eigenvalue weighted by atomic mass is 32.2. The molecule has 0 aliphatic carbocycles. The molecule has 1 unspecified atom stereocenters. The van der Waals surface area contributed by atoms with Crippen LogP contribution in [0.4, 0.5) is 0 Å². The molecule has 1 heterocycles. The number of fused-ring (bicyclic) bond motifs is 1. The second kappa shape index (κ2) is 5.43. The van der Waals surface area contributed by atoms with Crippen molar-refractivity contribution in [3.8, 4) is 0 Å². The Morgan fingerprint density at radius 3 is 2.75 bits per heavy atom. The first-order chi connectivity index (χ1) is 9.39. The minimum absolute atomic E-state index is 0.0223. The Kier molecular flexibility index (Phi) is 4.02. The smallest absolute Gasteiger partial charge is 0.321 e. The molecule has 0 bridgehead atoms. The van der Waals surface area contributed by atoms with Crippen LogP contribution < -0.4 is 0 Å². The molecule has 7 nitrogen and oxygen atoms in total. The van der Waals surface area contributed by atoms with Crippen LogP contribution in [-0.2, 0) is 14.8 Å². The van der Waals surface area contributed by atoms with Gasteiger partial charge in [0.2, 0.25) is 10.0 Å². The maximum atomic E-state index is 12.5. The van der Waals surface area contributed by atoms with Crippen LogP contribution in [0.1, 0.15) is 13.3 Å². The van der Waals surface area contributed by atoms with Crippen LogP contribution in [0.3, 0.4) is 0 Å². The molecule has 0 amide bonds. The minimum atomic E-state index is -3.94. The maximum absolute atomic E-state index is 12.5. The van der Waals surface area contributed by atoms with Crippen molar-refractivity contribution in [3.63, 3.8) is 0 Å². The monoisotopic (exact) mass is 315 g/mol. The van der Waals surface area contributed by atoms with Crippen LogP contribution >= 0.6 is 11.7 Å². The molecule has 0 aliphatic heterocycles. The van der Waals surface area contributed by atoms with E-state index in [1.54, 1.807) is 19.1 Å². The number of hydrogen-bond donors (Lipinski definition) is 1. The van der Waals surface area contributed by atoms with Crippen molar-refractivity contribution >= 4 is 38.8 Å². The molecule has 0 aliphatic rings. The van der Waals surface area contributed by atoms with Gasteiger partial charge in [-0.05, 0) is 18.6 Å². The lowest BCUT2D eigenvalue weighted by atomic mass is 10.2. The number of hydrogen-bond acceptors (Lipinski definition) is 6. The molecule has 0 saturated heterocycles. The van der Waals surface area contributed by atoms with E-state index in [1.807, 2.05) is 0 Å². The highest BCUT2D eigenvalue weighted by molar-refractivity contribution is 7.89. The summed E-state index contributed by atoms with van der Waals surface area (Å²) < 4.78 is 33.9. The molecule has 9 heteroatoms. The molecular formula is C11H13N3O4S2. The van der Waals surface area contributed by atoms with Gasteiger partial charge in [0.1, 0.15) is 22.0 Å². The topological polar surface area (TPSA) is 100 Å². The van der Waals surface area contributed by atoms with Crippen molar-refractivity contribution in [2.45, 2.75) is 24.3 Å². The number of carboxylic acid groups (broad SMARTS) is 1. The number of benzene rings is 1. The molecule has 1 aromatic heterocycles. The minimum Gasteiger partial charge on any atom is -0.480 e. The summed E-state index contributed by atoms with van der Waals surface area (Å²) in [4.78, 5) is 11.1. The van der Waals surface area contributed by atoms with Gasteiger partial charge >= 0.3 is 5.97 Å². The Hall–Kier alpha value is -1.58. The van der Waals surface area contributed by atoms with Gasteiger partial charge < -0.3 is 5.11 Å². The third kappa shape index (κ3) is 2.39. The van der Waals surface area contributed by atoms with Gasteiger partial charge in [-0.15, -0.1) is 0 Å². The van der Waals surface area contributed by atoms with Gasteiger partial charge in [0.15, 0.2) is 0 Å². The molecule has 0 spiro atoms. The quantitative estimate of drug-likeness (QED) is 0.889. The second-order valence-electron chi connectivity index (χ2n) is 4.17. The van der Waals surface area contributed by atoms with E-state index in [0.29, 0.717) is 5.52 Å². The summed E-state index contributed by atoms with van der Waals surface area (Å²) >= 11 is 0.916. The molecule has 108 valence electrons. The molecule has 0 fully saturated rings. The van der Waals surface area contributed by atoms with Gasteiger partial charge in [0.05, 0.1) is 11.7 Å². The van der Waals surface area contributed by atoms with Gasteiger partial charge in [-0.1, -0.05) is 13.0 Å². The third-order valence-electron chi connectivity index (χ3n) is 3.02. The Morgan fingerprint density at radius 1 is 1.45 bits per heavy atom. The first-order valence-corrected chi connectivity index (χ1v) is 7.98. The lowest BCUT2D eigenvalue weighted by molar-refractivity contribution is -0.141. The van der Waals surface area contributed by atoms with E-state index >= 15 is 0 Å². The van der Waals surface area contributed by atoms with Crippen molar-refractivity contribution in [3.05, 3.63) is 18.2 Å². The van der Waals surface area contributed by atoms with E-state index in [1.165, 1.54) is 13.1 Å². The van der Waals surface area contributed by atoms with Crippen molar-refractivity contribution in [1.29, 1.82) is 0 Å². The Bertz CT molecular complexity index is 741. The Balaban J connectivity index is 2.55. The fourth-order valence-electron chi connectivity index (χ4n) is 1.90. The Morgan fingerprint density at radius 2 is 2.15 bits per heavy atom. The SMILES string of the molecule is CCC(C(=O)O)N(C)S(=O)(=O)c1cccc2nsnc12. The van der Waals surface area contributed by atoms with Crippen molar-refractivity contribution in [2.75, 3.05) is 7.05 Å². The van der Waals surface area contributed by atoms with E-state index in [2.05, 4.69) is 8.75 Å². The highest BCUT2D eigenvalue weighted by Gasteiger charge is 2.33. The van der Waals surface area contributed by atoms with Gasteiger partial charge in [0, 0.05) is 7.05 Å². The molecule has 1 N–H and O–H groups in total. The zero-order chi connectivity index (χ0) is 14.9. The molecule has 1 aromatic carbocycles. The predicted octanol–water partition coefficient (Wildman–Crippen LogP) is 1.17. The number of carbonyl (C=O) groups is 1. The number of likely N-dealkylation sites (N-methyl/N-ethyl adjacent to an activating group) is 1. The van der Waals surface area contributed by atoms with Gasteiger partial charge in [-0.2, -0.15) is 13.1 Å². The fraction of sp³-hybridized carbons (Fsp3) is 0.364. The lowest BCUT2D eigenvalue weighted by Crippen LogP contribution is -2.41. The molecule has 20 heavy (non-hydrogen) atoms. The molecule has 0 saturated carbocycles. The van der Waals surface area contributed by atoms with Crippen LogP contribution in [-0.4, -0.2) is 45.6 Å². The molecular weight excluding hydrogens is 302 g/mol. The van der Waals surface area contributed by atoms with E-state index in [4.69, 9.17) is 5.11 Å². The average Bonchev–Trinajstić information content (AvgIpc) is 2.86. The number of aromatic nitrogens is 2. The second-order valence-corrected chi connectivity index (χ2v) is 6.67. The molecule has 0 radical (unpaired) electrons. The summed E-state index contributed by atoms with van der Waals surface area (Å²) in [6.07, 6.45) is 0.177. The zero-order valence-electron chi connectivity index (χ0n) is 10.8. The predicted molar refractivity (Wildman–Crippen MR) is 74.1 cm³/mol. The summed E-state index contributed by atoms with van der Waals surface area (Å²) in [6, 6.07) is 3.52. The van der Waals surface area contributed by atoms with Crippen LogP contribution in [0.2, 0.25) is 0 Å². The molecule has 2 aromatic rings. The summed E-state index contributed by atoms with van der Waals surface area (Å²) in [5, 5.41) is 9.10. The summed E-state index contributed by atoms with van der Waals surface area (Å²) in [7, 11) is -2.67. The van der Waals surface area contributed by atoms with Gasteiger partial charge in [0.25, 0.3) is 0 Å². The van der Waals surface area contributed by atoms with Crippen molar-refractivity contribution < 1.29 is 18.3 Å². The van der Waals surface area contributed by atoms with Gasteiger partial charge in [-0.25, -0.2) is 8.42 Å². The highest BCUT2D eigenvalue weighted by Crippen LogP contribution is 2.25. The Labute approximate surface area is 120 Å². The fourth-order valence-corrected chi connectivity index (χ4v) is 4.04. The van der Waals surface area contributed by atoms with Crippen LogP contribution in [0.15, 0.2) is 23.1 Å². The number of rotatable bonds is 5. The van der Waals surface area contributed by atoms with Gasteiger partial charge in [-0.3, -0.25) is 4.79 Å². The number of nitrogens with zero attached hydrogens (tertiary/aromatic N) is 3. The maximum Gasteiger partial charge on any atom is 0.321 e. The van der Waals surface area contributed by atoms with Crippen LogP contribution in [0, 0.1) is 0 Å². The van der Waals surface area contributed by atoms with E-state index < -0.39 is 22.0 Å². The van der Waals surface area contributed by atoms with Crippen molar-refractivity contribution in [2.24, 2.45) is 0 Å². The molecule has 1 atom stereocenters. The van der Waals surface area contributed by atoms with E-state index in [9.17, 15) is 13.2 Å². The van der Waals surface area contributed by atoms with E-state index in [0.717, 1.165) is 16.0 Å². The number of sulfonamides is 1. The van der Waals surface area contributed by atoms with Crippen molar-refractivity contribution in [1.82, 2.24) is 13.1 Å². The summed E-state index contributed by atoms with van der Waals surface area (Å²) in [6.45, 7) is 1.62. The number of aliphatic carboxylic acids is 1. The first-order valence-electron chi connectivity index (χ1n) is 5.81. The average molecular weight is 315 g/mol. The van der Waals surface area contributed by atoms with Crippen LogP contribution in [0.5, 0.6) is 0 Å². The first kappa shape index (κ1) is 14.8. The molecule has 2 rings (SSSR count). The summed E-state index contributed by atoms with van der Waals surface area (Å²) in [5.74, 6) is -1.18. The lowest BCUT2D eigenvalue weighted by Gasteiger charge is -2.23.